The van der Waals surface area contributed by atoms with Crippen LogP contribution in [0.15, 0.2) is 4.99 Å². The summed E-state index contributed by atoms with van der Waals surface area (Å²) in [5, 5.41) is 6.91. The van der Waals surface area contributed by atoms with E-state index in [9.17, 15) is 4.79 Å². The van der Waals surface area contributed by atoms with Crippen molar-refractivity contribution < 1.29 is 14.3 Å². The van der Waals surface area contributed by atoms with E-state index in [0.717, 1.165) is 44.8 Å². The van der Waals surface area contributed by atoms with Crippen molar-refractivity contribution in [3.63, 3.8) is 0 Å². The molecule has 3 unspecified atom stereocenters. The number of ether oxygens (including phenoxy) is 2. The Balaban J connectivity index is 1.72. The van der Waals surface area contributed by atoms with Crippen molar-refractivity contribution in [3.8, 4) is 0 Å². The second-order valence-electron chi connectivity index (χ2n) is 7.96. The lowest BCUT2D eigenvalue weighted by Gasteiger charge is -2.31. The number of guanidine groups is 1. The highest BCUT2D eigenvalue weighted by Crippen LogP contribution is 2.23. The van der Waals surface area contributed by atoms with Crippen molar-refractivity contribution in [2.45, 2.75) is 64.0 Å². The molecule has 7 nitrogen and oxygen atoms in total. The summed E-state index contributed by atoms with van der Waals surface area (Å²) < 4.78 is 11.3. The van der Waals surface area contributed by atoms with Crippen LogP contribution in [0.3, 0.4) is 0 Å². The quantitative estimate of drug-likeness (QED) is 0.361. The average molecular weight is 383 g/mol. The Morgan fingerprint density at radius 2 is 2.04 bits per heavy atom. The lowest BCUT2D eigenvalue weighted by Crippen LogP contribution is -2.48. The Morgan fingerprint density at radius 3 is 2.74 bits per heavy atom. The number of aliphatic imine (C=N–C) groups is 1. The van der Waals surface area contributed by atoms with Gasteiger partial charge in [0.05, 0.1) is 12.7 Å². The van der Waals surface area contributed by atoms with E-state index in [1.54, 1.807) is 19.0 Å². The molecule has 1 saturated carbocycles. The largest absolute Gasteiger partial charge is 0.379 e. The van der Waals surface area contributed by atoms with Gasteiger partial charge in [0.2, 0.25) is 5.91 Å². The molecule has 2 rings (SSSR count). The Morgan fingerprint density at radius 1 is 1.22 bits per heavy atom. The van der Waals surface area contributed by atoms with Gasteiger partial charge in [-0.2, -0.15) is 0 Å². The minimum atomic E-state index is 0.00712. The monoisotopic (exact) mass is 382 g/mol. The maximum absolute atomic E-state index is 11.9. The average Bonchev–Trinajstić information content (AvgIpc) is 3.17. The summed E-state index contributed by atoms with van der Waals surface area (Å²) in [5.74, 6) is 1.38. The first kappa shape index (κ1) is 22.0. The van der Waals surface area contributed by atoms with Gasteiger partial charge in [0.25, 0.3) is 0 Å². The van der Waals surface area contributed by atoms with Crippen molar-refractivity contribution in [1.82, 2.24) is 15.5 Å². The molecule has 0 aromatic rings. The molecular weight excluding hydrogens is 344 g/mol. The first-order valence-corrected chi connectivity index (χ1v) is 10.5. The molecule has 0 bridgehead atoms. The van der Waals surface area contributed by atoms with E-state index < -0.39 is 0 Å². The van der Waals surface area contributed by atoms with Gasteiger partial charge >= 0.3 is 0 Å². The van der Waals surface area contributed by atoms with Crippen LogP contribution in [0.2, 0.25) is 0 Å². The third-order valence-electron chi connectivity index (χ3n) is 5.39. The summed E-state index contributed by atoms with van der Waals surface area (Å²) in [7, 11) is 3.51. The Bertz CT molecular complexity index is 464. The number of nitrogens with one attached hydrogen (secondary N) is 2. The molecule has 156 valence electrons. The second kappa shape index (κ2) is 12.2. The fraction of sp³-hybridized carbons (Fsp3) is 0.900. The summed E-state index contributed by atoms with van der Waals surface area (Å²) in [4.78, 5) is 17.9. The molecule has 0 radical (unpaired) electrons. The van der Waals surface area contributed by atoms with Crippen LogP contribution < -0.4 is 10.6 Å². The van der Waals surface area contributed by atoms with Crippen LogP contribution in [0, 0.1) is 5.92 Å². The summed E-state index contributed by atoms with van der Waals surface area (Å²) in [6.07, 6.45) is 8.40. The zero-order valence-corrected chi connectivity index (χ0v) is 17.3. The highest BCUT2D eigenvalue weighted by molar-refractivity contribution is 5.84. The first-order chi connectivity index (χ1) is 13.1. The molecule has 1 amide bonds. The standard InChI is InChI=1S/C20H38N4O3/c1-16-8-4-5-10-18(16)23-20(22-14-19(25)24(2)3)21-11-7-12-26-15-17-9-6-13-27-17/h16-18H,4-15H2,1-3H3,(H2,21,22,23). The Hall–Kier alpha value is -1.34. The van der Waals surface area contributed by atoms with E-state index in [4.69, 9.17) is 9.47 Å². The zero-order chi connectivity index (χ0) is 19.5. The van der Waals surface area contributed by atoms with Gasteiger partial charge in [0.1, 0.15) is 6.54 Å². The van der Waals surface area contributed by atoms with Crippen molar-refractivity contribution in [3.05, 3.63) is 0 Å². The SMILES string of the molecule is CC1CCCCC1NC(=NCC(=O)N(C)C)NCCCOCC1CCCO1. The normalized spacial score (nSPS) is 26.0. The van der Waals surface area contributed by atoms with Gasteiger partial charge in [0, 0.05) is 39.9 Å². The van der Waals surface area contributed by atoms with E-state index >= 15 is 0 Å². The molecule has 1 aliphatic heterocycles. The number of hydrogen-bond acceptors (Lipinski definition) is 4. The van der Waals surface area contributed by atoms with Gasteiger partial charge < -0.3 is 25.0 Å². The fourth-order valence-corrected chi connectivity index (χ4v) is 3.52. The van der Waals surface area contributed by atoms with Crippen molar-refractivity contribution in [1.29, 1.82) is 0 Å². The summed E-state index contributed by atoms with van der Waals surface area (Å²) in [5.41, 5.74) is 0. The van der Waals surface area contributed by atoms with Crippen LogP contribution in [0.1, 0.15) is 51.9 Å². The van der Waals surface area contributed by atoms with Gasteiger partial charge in [-0.1, -0.05) is 19.8 Å². The lowest BCUT2D eigenvalue weighted by atomic mass is 9.86. The number of likely N-dealkylation sites (N-methyl/N-ethyl adjacent to an activating group) is 1. The van der Waals surface area contributed by atoms with E-state index in [0.29, 0.717) is 25.2 Å². The second-order valence-corrected chi connectivity index (χ2v) is 7.96. The van der Waals surface area contributed by atoms with E-state index in [-0.39, 0.29) is 18.6 Å². The number of carbonyl (C=O) groups excluding carboxylic acids is 1. The topological polar surface area (TPSA) is 75.2 Å². The minimum Gasteiger partial charge on any atom is -0.379 e. The number of hydrogen-bond donors (Lipinski definition) is 2. The third kappa shape index (κ3) is 8.47. The van der Waals surface area contributed by atoms with Crippen LogP contribution in [-0.2, 0) is 14.3 Å². The first-order valence-electron chi connectivity index (χ1n) is 10.5. The molecule has 0 aromatic heterocycles. The maximum Gasteiger partial charge on any atom is 0.243 e. The molecule has 0 spiro atoms. The van der Waals surface area contributed by atoms with Gasteiger partial charge in [-0.3, -0.25) is 4.79 Å². The van der Waals surface area contributed by atoms with Gasteiger partial charge in [-0.25, -0.2) is 4.99 Å². The third-order valence-corrected chi connectivity index (χ3v) is 5.39. The minimum absolute atomic E-state index is 0.00712. The van der Waals surface area contributed by atoms with E-state index in [1.165, 1.54) is 19.3 Å². The van der Waals surface area contributed by atoms with Crippen LogP contribution >= 0.6 is 0 Å². The van der Waals surface area contributed by atoms with Crippen molar-refractivity contribution >= 4 is 11.9 Å². The van der Waals surface area contributed by atoms with Crippen LogP contribution in [-0.4, -0.2) is 75.9 Å². The number of nitrogens with zero attached hydrogens (tertiary/aromatic N) is 2. The smallest absolute Gasteiger partial charge is 0.243 e. The molecule has 1 aliphatic carbocycles. The molecule has 2 aliphatic rings. The summed E-state index contributed by atoms with van der Waals surface area (Å²) >= 11 is 0. The fourth-order valence-electron chi connectivity index (χ4n) is 3.52. The molecule has 1 saturated heterocycles. The number of carbonyl (C=O) groups is 1. The summed E-state index contributed by atoms with van der Waals surface area (Å²) in [6, 6.07) is 0.426. The van der Waals surface area contributed by atoms with Gasteiger partial charge in [0.15, 0.2) is 5.96 Å². The van der Waals surface area contributed by atoms with Crippen LogP contribution in [0.5, 0.6) is 0 Å². The van der Waals surface area contributed by atoms with Gasteiger partial charge in [-0.05, 0) is 38.0 Å². The maximum atomic E-state index is 11.9. The molecule has 7 heteroatoms. The van der Waals surface area contributed by atoms with E-state index in [2.05, 4.69) is 22.5 Å². The molecule has 0 aromatic carbocycles. The number of rotatable bonds is 9. The van der Waals surface area contributed by atoms with Crippen molar-refractivity contribution in [2.24, 2.45) is 10.9 Å². The zero-order valence-electron chi connectivity index (χ0n) is 17.3. The summed E-state index contributed by atoms with van der Waals surface area (Å²) in [6.45, 7) is 5.49. The molecule has 1 heterocycles. The Kier molecular flexibility index (Phi) is 9.91. The number of amides is 1. The van der Waals surface area contributed by atoms with Crippen molar-refractivity contribution in [2.75, 3.05) is 47.0 Å². The highest BCUT2D eigenvalue weighted by atomic mass is 16.5. The molecule has 27 heavy (non-hydrogen) atoms. The van der Waals surface area contributed by atoms with Gasteiger partial charge in [-0.15, -0.1) is 0 Å². The van der Waals surface area contributed by atoms with Crippen LogP contribution in [0.25, 0.3) is 0 Å². The predicted octanol–water partition coefficient (Wildman–Crippen LogP) is 1.77. The molecular formula is C20H38N4O3. The molecule has 2 N–H and O–H groups in total. The van der Waals surface area contributed by atoms with Crippen LogP contribution in [0.4, 0.5) is 0 Å². The van der Waals surface area contributed by atoms with E-state index in [1.807, 2.05) is 0 Å². The predicted molar refractivity (Wildman–Crippen MR) is 108 cm³/mol. The lowest BCUT2D eigenvalue weighted by molar-refractivity contribution is -0.127. The Labute approximate surface area is 164 Å². The highest BCUT2D eigenvalue weighted by Gasteiger charge is 2.22. The molecule has 3 atom stereocenters. The molecule has 2 fully saturated rings.